The van der Waals surface area contributed by atoms with Gasteiger partial charge >= 0.3 is 6.03 Å². The molecule has 1 N–H and O–H groups in total. The standard InChI is InChI=1S/C21H24N4O2S/c1-15-19(11-8-17-12-13-22-25(15)17)16-6-9-18(10-7-16)27-23-21(26)24-14-4-3-5-20(24)28-2/h6-13,20H,3-5,14H2,1-2H3,(H,23,26). The van der Waals surface area contributed by atoms with Crippen LogP contribution in [0.5, 0.6) is 5.75 Å². The molecule has 1 fully saturated rings. The number of carbonyl (C=O) groups excluding carboxylic acids is 1. The summed E-state index contributed by atoms with van der Waals surface area (Å²) in [5, 5.41) is 4.59. The number of urea groups is 1. The molecule has 4 rings (SSSR count). The number of hydroxylamine groups is 1. The first-order chi connectivity index (χ1) is 13.7. The first-order valence-electron chi connectivity index (χ1n) is 9.47. The number of fused-ring (bicyclic) bond motifs is 1. The molecule has 7 heteroatoms. The lowest BCUT2D eigenvalue weighted by molar-refractivity contribution is 0.130. The molecule has 0 bridgehead atoms. The van der Waals surface area contributed by atoms with E-state index in [2.05, 4.69) is 29.6 Å². The van der Waals surface area contributed by atoms with Crippen LogP contribution in [-0.2, 0) is 0 Å². The molecule has 1 saturated heterocycles. The van der Waals surface area contributed by atoms with E-state index in [1.165, 1.54) is 6.42 Å². The maximum absolute atomic E-state index is 12.4. The molecular weight excluding hydrogens is 372 g/mol. The van der Waals surface area contributed by atoms with Gasteiger partial charge in [0.25, 0.3) is 0 Å². The van der Waals surface area contributed by atoms with Gasteiger partial charge in [0.05, 0.1) is 10.9 Å². The largest absolute Gasteiger partial charge is 0.378 e. The van der Waals surface area contributed by atoms with Gasteiger partial charge in [-0.1, -0.05) is 18.2 Å². The van der Waals surface area contributed by atoms with Crippen LogP contribution in [0.3, 0.4) is 0 Å². The zero-order chi connectivity index (χ0) is 19.5. The van der Waals surface area contributed by atoms with Crippen molar-refractivity contribution >= 4 is 23.3 Å². The number of rotatable bonds is 4. The summed E-state index contributed by atoms with van der Waals surface area (Å²) in [6.07, 6.45) is 7.08. The van der Waals surface area contributed by atoms with Gasteiger partial charge in [-0.2, -0.15) is 10.6 Å². The van der Waals surface area contributed by atoms with Crippen LogP contribution in [0.15, 0.2) is 48.7 Å². The highest BCUT2D eigenvalue weighted by atomic mass is 32.2. The fourth-order valence-electron chi connectivity index (χ4n) is 3.67. The van der Waals surface area contributed by atoms with Gasteiger partial charge in [0.2, 0.25) is 0 Å². The second-order valence-electron chi connectivity index (χ2n) is 6.91. The number of nitrogens with zero attached hydrogens (tertiary/aromatic N) is 3. The van der Waals surface area contributed by atoms with Crippen LogP contribution >= 0.6 is 11.8 Å². The lowest BCUT2D eigenvalue weighted by Crippen LogP contribution is -2.48. The van der Waals surface area contributed by atoms with Crippen molar-refractivity contribution in [3.05, 3.63) is 54.4 Å². The molecule has 0 spiro atoms. The number of pyridine rings is 1. The Bertz CT molecular complexity index is 970. The number of aromatic nitrogens is 2. The van der Waals surface area contributed by atoms with E-state index in [0.29, 0.717) is 5.75 Å². The number of hydrogen-bond donors (Lipinski definition) is 1. The summed E-state index contributed by atoms with van der Waals surface area (Å²) < 4.78 is 1.93. The molecule has 1 aromatic carbocycles. The predicted octanol–water partition coefficient (Wildman–Crippen LogP) is 4.49. The SMILES string of the molecule is CSC1CCCCN1C(=O)NOc1ccc(-c2ccc3ccnn3c2C)cc1. The average molecular weight is 397 g/mol. The van der Waals surface area contributed by atoms with Crippen molar-refractivity contribution in [1.29, 1.82) is 0 Å². The third kappa shape index (κ3) is 3.67. The zero-order valence-corrected chi connectivity index (χ0v) is 16.9. The number of benzene rings is 1. The maximum atomic E-state index is 12.4. The van der Waals surface area contributed by atoms with E-state index < -0.39 is 0 Å². The number of hydrogen-bond acceptors (Lipinski definition) is 4. The summed E-state index contributed by atoms with van der Waals surface area (Å²) in [4.78, 5) is 19.8. The van der Waals surface area contributed by atoms with Gasteiger partial charge in [0.15, 0.2) is 5.75 Å². The van der Waals surface area contributed by atoms with Crippen molar-refractivity contribution in [3.8, 4) is 16.9 Å². The van der Waals surface area contributed by atoms with Crippen LogP contribution in [0.1, 0.15) is 25.0 Å². The monoisotopic (exact) mass is 396 g/mol. The highest BCUT2D eigenvalue weighted by molar-refractivity contribution is 7.99. The lowest BCUT2D eigenvalue weighted by Gasteiger charge is -2.34. The number of carbonyl (C=O) groups is 1. The Kier molecular flexibility index (Phi) is 5.43. The van der Waals surface area contributed by atoms with E-state index in [1.54, 1.807) is 18.0 Å². The molecule has 2 amide bonds. The van der Waals surface area contributed by atoms with Gasteiger partial charge in [-0.3, -0.25) is 0 Å². The number of nitrogens with one attached hydrogen (secondary N) is 1. The van der Waals surface area contributed by atoms with Crippen molar-refractivity contribution < 1.29 is 9.63 Å². The van der Waals surface area contributed by atoms with Crippen LogP contribution in [0, 0.1) is 6.92 Å². The Morgan fingerprint density at radius 3 is 2.79 bits per heavy atom. The molecule has 1 aliphatic rings. The van der Waals surface area contributed by atoms with Crippen molar-refractivity contribution in [1.82, 2.24) is 20.0 Å². The van der Waals surface area contributed by atoms with Gasteiger partial charge in [-0.25, -0.2) is 9.31 Å². The molecule has 1 aliphatic heterocycles. The molecule has 6 nitrogen and oxygen atoms in total. The molecule has 3 aromatic rings. The Balaban J connectivity index is 1.43. The van der Waals surface area contributed by atoms with Crippen LogP contribution in [0.2, 0.25) is 0 Å². The quantitative estimate of drug-likeness (QED) is 0.660. The van der Waals surface area contributed by atoms with E-state index >= 15 is 0 Å². The van der Waals surface area contributed by atoms with Gasteiger partial charge in [-0.15, -0.1) is 11.8 Å². The molecule has 1 atom stereocenters. The fourth-order valence-corrected chi connectivity index (χ4v) is 4.53. The van der Waals surface area contributed by atoms with Gasteiger partial charge in [-0.05, 0) is 62.3 Å². The van der Waals surface area contributed by atoms with Gasteiger partial charge < -0.3 is 9.74 Å². The highest BCUT2D eigenvalue weighted by Crippen LogP contribution is 2.27. The Morgan fingerprint density at radius 2 is 2.00 bits per heavy atom. The summed E-state index contributed by atoms with van der Waals surface area (Å²) in [5.74, 6) is 0.604. The van der Waals surface area contributed by atoms with Crippen molar-refractivity contribution in [3.63, 3.8) is 0 Å². The van der Waals surface area contributed by atoms with Crippen LogP contribution in [0.4, 0.5) is 4.79 Å². The first kappa shape index (κ1) is 18.7. The molecule has 3 heterocycles. The molecule has 0 aliphatic carbocycles. The van der Waals surface area contributed by atoms with Crippen molar-refractivity contribution in [2.24, 2.45) is 0 Å². The summed E-state index contributed by atoms with van der Waals surface area (Å²) in [6, 6.07) is 13.7. The third-order valence-corrected chi connectivity index (χ3v) is 6.24. The average Bonchev–Trinajstić information content (AvgIpc) is 3.22. The van der Waals surface area contributed by atoms with Crippen molar-refractivity contribution in [2.45, 2.75) is 31.6 Å². The molecule has 1 unspecified atom stereocenters. The smallest absolute Gasteiger partial charge is 0.351 e. The first-order valence-corrected chi connectivity index (χ1v) is 10.8. The van der Waals surface area contributed by atoms with Gasteiger partial charge in [0.1, 0.15) is 0 Å². The summed E-state index contributed by atoms with van der Waals surface area (Å²) in [5.41, 5.74) is 6.93. The second kappa shape index (κ2) is 8.14. The summed E-state index contributed by atoms with van der Waals surface area (Å²) >= 11 is 1.71. The normalized spacial score (nSPS) is 16.9. The third-order valence-electron chi connectivity index (χ3n) is 5.20. The Labute approximate surface area is 168 Å². The zero-order valence-electron chi connectivity index (χ0n) is 16.1. The van der Waals surface area contributed by atoms with Crippen LogP contribution < -0.4 is 10.3 Å². The maximum Gasteiger partial charge on any atom is 0.351 e. The predicted molar refractivity (Wildman–Crippen MR) is 112 cm³/mol. The van der Waals surface area contributed by atoms with Gasteiger partial charge in [0, 0.05) is 24.0 Å². The number of piperidine rings is 1. The molecule has 146 valence electrons. The highest BCUT2D eigenvalue weighted by Gasteiger charge is 2.26. The van der Waals surface area contributed by atoms with E-state index in [-0.39, 0.29) is 11.4 Å². The summed E-state index contributed by atoms with van der Waals surface area (Å²) in [7, 11) is 0. The topological polar surface area (TPSA) is 58.9 Å². The number of aryl methyl sites for hydroxylation is 1. The molecule has 0 saturated carbocycles. The van der Waals surface area contributed by atoms with E-state index in [4.69, 9.17) is 4.84 Å². The second-order valence-corrected chi connectivity index (χ2v) is 7.93. The number of thioether (sulfide) groups is 1. The van der Waals surface area contributed by atoms with Crippen molar-refractivity contribution in [2.75, 3.05) is 12.8 Å². The minimum Gasteiger partial charge on any atom is -0.378 e. The Hall–Kier alpha value is -2.67. The summed E-state index contributed by atoms with van der Waals surface area (Å²) in [6.45, 7) is 2.83. The molecule has 2 aromatic heterocycles. The van der Waals surface area contributed by atoms with E-state index in [9.17, 15) is 4.79 Å². The number of amides is 2. The van der Waals surface area contributed by atoms with E-state index in [1.807, 2.05) is 46.0 Å². The minimum atomic E-state index is -0.178. The molecule has 0 radical (unpaired) electrons. The van der Waals surface area contributed by atoms with Crippen LogP contribution in [0.25, 0.3) is 16.6 Å². The van der Waals surface area contributed by atoms with E-state index in [0.717, 1.165) is 41.7 Å². The molecule has 28 heavy (non-hydrogen) atoms. The molecular formula is C21H24N4O2S. The lowest BCUT2D eigenvalue weighted by atomic mass is 10.0. The number of likely N-dealkylation sites (tertiary alicyclic amines) is 1. The fraction of sp³-hybridized carbons (Fsp3) is 0.333. The minimum absolute atomic E-state index is 0.178. The van der Waals surface area contributed by atoms with Crippen LogP contribution in [-0.4, -0.2) is 38.7 Å². The Morgan fingerprint density at radius 1 is 1.18 bits per heavy atom.